The van der Waals surface area contributed by atoms with Gasteiger partial charge in [0.2, 0.25) is 5.28 Å². The second kappa shape index (κ2) is 5.05. The molecule has 0 spiro atoms. The molecule has 0 bridgehead atoms. The molecule has 0 unspecified atom stereocenters. The minimum absolute atomic E-state index is 0.184. The van der Waals surface area contributed by atoms with E-state index in [1.54, 1.807) is 6.33 Å². The van der Waals surface area contributed by atoms with E-state index in [0.29, 0.717) is 18.0 Å². The van der Waals surface area contributed by atoms with Crippen LogP contribution in [0.25, 0.3) is 11.2 Å². The maximum Gasteiger partial charge on any atom is 0.226 e. The van der Waals surface area contributed by atoms with Gasteiger partial charge in [-0.2, -0.15) is 9.97 Å². The van der Waals surface area contributed by atoms with Crippen LogP contribution in [0.4, 0.5) is 5.82 Å². The number of hydrogen-bond donors (Lipinski definition) is 1. The standard InChI is InChI=1S/C13H13ClN6/c1-8-4-3-5-9(17-8)6-20(2)12-10-11(16-7-15-10)18-13(14)19-12/h3-5,7H,6H2,1-2H3,(H,15,16,18,19). The fraction of sp³-hybridized carbons (Fsp3) is 0.231. The number of rotatable bonds is 3. The van der Waals surface area contributed by atoms with Crippen LogP contribution >= 0.6 is 11.6 Å². The van der Waals surface area contributed by atoms with Crippen molar-refractivity contribution in [3.63, 3.8) is 0 Å². The second-order valence-electron chi connectivity index (χ2n) is 4.54. The third-order valence-corrected chi connectivity index (χ3v) is 3.12. The van der Waals surface area contributed by atoms with Crippen molar-refractivity contribution >= 4 is 28.6 Å². The number of pyridine rings is 1. The molecule has 3 aromatic heterocycles. The highest BCUT2D eigenvalue weighted by molar-refractivity contribution is 6.28. The largest absolute Gasteiger partial charge is 0.352 e. The van der Waals surface area contributed by atoms with Gasteiger partial charge in [-0.3, -0.25) is 4.98 Å². The summed E-state index contributed by atoms with van der Waals surface area (Å²) in [4.78, 5) is 21.9. The van der Waals surface area contributed by atoms with E-state index in [-0.39, 0.29) is 5.28 Å². The Morgan fingerprint density at radius 3 is 2.90 bits per heavy atom. The first-order valence-electron chi connectivity index (χ1n) is 6.14. The molecule has 3 rings (SSSR count). The molecule has 0 radical (unpaired) electrons. The SMILES string of the molecule is Cc1cccc(CN(C)c2nc(Cl)nc3nc[nH]c23)n1. The summed E-state index contributed by atoms with van der Waals surface area (Å²) in [5, 5.41) is 0.184. The molecule has 0 aliphatic rings. The summed E-state index contributed by atoms with van der Waals surface area (Å²) >= 11 is 5.93. The Bertz CT molecular complexity index is 753. The number of nitrogens with one attached hydrogen (secondary N) is 1. The van der Waals surface area contributed by atoms with Crippen LogP contribution in [-0.4, -0.2) is 32.0 Å². The number of hydrogen-bond acceptors (Lipinski definition) is 5. The summed E-state index contributed by atoms with van der Waals surface area (Å²) in [6, 6.07) is 5.94. The number of halogens is 1. The molecule has 3 heterocycles. The minimum Gasteiger partial charge on any atom is -0.352 e. The lowest BCUT2D eigenvalue weighted by Gasteiger charge is -2.18. The fourth-order valence-electron chi connectivity index (χ4n) is 2.07. The van der Waals surface area contributed by atoms with E-state index in [2.05, 4.69) is 24.9 Å². The Labute approximate surface area is 120 Å². The van der Waals surface area contributed by atoms with Crippen molar-refractivity contribution < 1.29 is 0 Å². The Hall–Kier alpha value is -2.21. The molecular weight excluding hydrogens is 276 g/mol. The topological polar surface area (TPSA) is 70.6 Å². The van der Waals surface area contributed by atoms with Gasteiger partial charge < -0.3 is 9.88 Å². The molecule has 0 aromatic carbocycles. The minimum atomic E-state index is 0.184. The van der Waals surface area contributed by atoms with Crippen molar-refractivity contribution in [2.75, 3.05) is 11.9 Å². The zero-order valence-electron chi connectivity index (χ0n) is 11.1. The predicted molar refractivity (Wildman–Crippen MR) is 77.8 cm³/mol. The van der Waals surface area contributed by atoms with Crippen molar-refractivity contribution in [3.8, 4) is 0 Å². The smallest absolute Gasteiger partial charge is 0.226 e. The van der Waals surface area contributed by atoms with Gasteiger partial charge in [0, 0.05) is 12.7 Å². The first kappa shape index (κ1) is 12.8. The first-order valence-corrected chi connectivity index (χ1v) is 6.51. The van der Waals surface area contributed by atoms with Gasteiger partial charge in [-0.05, 0) is 30.7 Å². The number of nitrogens with zero attached hydrogens (tertiary/aromatic N) is 5. The lowest BCUT2D eigenvalue weighted by Crippen LogP contribution is -2.19. The lowest BCUT2D eigenvalue weighted by atomic mass is 10.3. The van der Waals surface area contributed by atoms with Crippen molar-refractivity contribution in [1.29, 1.82) is 0 Å². The van der Waals surface area contributed by atoms with Gasteiger partial charge in [0.25, 0.3) is 0 Å². The molecule has 1 N–H and O–H groups in total. The molecule has 20 heavy (non-hydrogen) atoms. The molecule has 102 valence electrons. The summed E-state index contributed by atoms with van der Waals surface area (Å²) < 4.78 is 0. The molecule has 0 atom stereocenters. The van der Waals surface area contributed by atoms with Crippen LogP contribution in [0.5, 0.6) is 0 Å². The van der Waals surface area contributed by atoms with E-state index < -0.39 is 0 Å². The predicted octanol–water partition coefficient (Wildman–Crippen LogP) is 2.35. The van der Waals surface area contributed by atoms with Gasteiger partial charge in [-0.25, -0.2) is 4.98 Å². The number of fused-ring (bicyclic) bond motifs is 1. The van der Waals surface area contributed by atoms with Gasteiger partial charge in [-0.15, -0.1) is 0 Å². The number of imidazole rings is 1. The molecule has 0 fully saturated rings. The summed E-state index contributed by atoms with van der Waals surface area (Å²) in [6.45, 7) is 2.60. The summed E-state index contributed by atoms with van der Waals surface area (Å²) in [5.41, 5.74) is 3.28. The normalized spacial score (nSPS) is 10.9. The number of aryl methyl sites for hydroxylation is 1. The van der Waals surface area contributed by atoms with Crippen LogP contribution in [0.1, 0.15) is 11.4 Å². The van der Waals surface area contributed by atoms with Crippen LogP contribution < -0.4 is 4.90 Å². The van der Waals surface area contributed by atoms with Crippen molar-refractivity contribution in [3.05, 3.63) is 41.2 Å². The van der Waals surface area contributed by atoms with Gasteiger partial charge in [-0.1, -0.05) is 6.07 Å². The van der Waals surface area contributed by atoms with Gasteiger partial charge in [0.1, 0.15) is 5.52 Å². The van der Waals surface area contributed by atoms with Crippen LogP contribution in [0.2, 0.25) is 5.28 Å². The van der Waals surface area contributed by atoms with Gasteiger partial charge in [0.05, 0.1) is 18.6 Å². The quantitative estimate of drug-likeness (QED) is 0.749. The third kappa shape index (κ3) is 2.42. The molecule has 0 aliphatic carbocycles. The second-order valence-corrected chi connectivity index (χ2v) is 4.88. The number of aromatic amines is 1. The highest BCUT2D eigenvalue weighted by Crippen LogP contribution is 2.22. The van der Waals surface area contributed by atoms with Crippen molar-refractivity contribution in [2.45, 2.75) is 13.5 Å². The number of anilines is 1. The van der Waals surface area contributed by atoms with E-state index >= 15 is 0 Å². The maximum absolute atomic E-state index is 5.93. The highest BCUT2D eigenvalue weighted by atomic mass is 35.5. The molecule has 0 aliphatic heterocycles. The van der Waals surface area contributed by atoms with E-state index in [9.17, 15) is 0 Å². The molecular formula is C13H13ClN6. The molecule has 0 saturated carbocycles. The van der Waals surface area contributed by atoms with Crippen molar-refractivity contribution in [1.82, 2.24) is 24.9 Å². The van der Waals surface area contributed by atoms with E-state index in [1.165, 1.54) is 0 Å². The fourth-order valence-corrected chi connectivity index (χ4v) is 2.23. The van der Waals surface area contributed by atoms with Crippen molar-refractivity contribution in [2.24, 2.45) is 0 Å². The highest BCUT2D eigenvalue weighted by Gasteiger charge is 2.13. The zero-order chi connectivity index (χ0) is 14.1. The summed E-state index contributed by atoms with van der Waals surface area (Å²) in [7, 11) is 1.93. The lowest BCUT2D eigenvalue weighted by molar-refractivity contribution is 0.860. The molecule has 3 aromatic rings. The number of aromatic nitrogens is 5. The Morgan fingerprint density at radius 1 is 1.25 bits per heavy atom. The summed E-state index contributed by atoms with van der Waals surface area (Å²) in [6.07, 6.45) is 1.58. The Kier molecular flexibility index (Phi) is 3.23. The third-order valence-electron chi connectivity index (χ3n) is 2.95. The summed E-state index contributed by atoms with van der Waals surface area (Å²) in [5.74, 6) is 0.709. The van der Waals surface area contributed by atoms with E-state index in [1.807, 2.05) is 37.1 Å². The average Bonchev–Trinajstić information content (AvgIpc) is 2.85. The van der Waals surface area contributed by atoms with E-state index in [4.69, 9.17) is 11.6 Å². The van der Waals surface area contributed by atoms with Crippen LogP contribution in [0, 0.1) is 6.92 Å². The molecule has 6 nitrogen and oxygen atoms in total. The van der Waals surface area contributed by atoms with E-state index in [0.717, 1.165) is 16.9 Å². The molecule has 0 saturated heterocycles. The Morgan fingerprint density at radius 2 is 2.10 bits per heavy atom. The van der Waals surface area contributed by atoms with Crippen LogP contribution in [-0.2, 0) is 6.54 Å². The molecule has 0 amide bonds. The molecule has 7 heteroatoms. The van der Waals surface area contributed by atoms with Crippen LogP contribution in [0.3, 0.4) is 0 Å². The zero-order valence-corrected chi connectivity index (χ0v) is 11.9. The van der Waals surface area contributed by atoms with Gasteiger partial charge >= 0.3 is 0 Å². The van der Waals surface area contributed by atoms with Gasteiger partial charge in [0.15, 0.2) is 11.5 Å². The van der Waals surface area contributed by atoms with Crippen LogP contribution in [0.15, 0.2) is 24.5 Å². The Balaban J connectivity index is 1.96. The first-order chi connectivity index (χ1) is 9.63. The number of H-pyrrole nitrogens is 1. The monoisotopic (exact) mass is 288 g/mol. The maximum atomic E-state index is 5.93. The average molecular weight is 289 g/mol.